The van der Waals surface area contributed by atoms with Crippen molar-refractivity contribution in [3.05, 3.63) is 40.0 Å². The van der Waals surface area contributed by atoms with Crippen LogP contribution in [0.2, 0.25) is 0 Å². The van der Waals surface area contributed by atoms with E-state index in [2.05, 4.69) is 33.0 Å². The summed E-state index contributed by atoms with van der Waals surface area (Å²) >= 11 is 3.46. The highest BCUT2D eigenvalue weighted by atomic mass is 79.9. The predicted molar refractivity (Wildman–Crippen MR) is 71.5 cm³/mol. The number of halogens is 1. The summed E-state index contributed by atoms with van der Waals surface area (Å²) in [6, 6.07) is 5.93. The highest BCUT2D eigenvalue weighted by molar-refractivity contribution is 9.10. The van der Waals surface area contributed by atoms with Gasteiger partial charge in [0, 0.05) is 6.42 Å². The molecule has 0 aliphatic heterocycles. The van der Waals surface area contributed by atoms with Gasteiger partial charge in [0.05, 0.1) is 4.47 Å². The number of hydrogen-bond acceptors (Lipinski definition) is 4. The first-order valence-electron chi connectivity index (χ1n) is 5.89. The lowest BCUT2D eigenvalue weighted by Gasteiger charge is -2.06. The van der Waals surface area contributed by atoms with Crippen LogP contribution in [0, 0.1) is 6.92 Å². The summed E-state index contributed by atoms with van der Waals surface area (Å²) in [5, 5.41) is 3.87. The minimum absolute atomic E-state index is 0.314. The van der Waals surface area contributed by atoms with Crippen molar-refractivity contribution in [3.63, 3.8) is 0 Å². The van der Waals surface area contributed by atoms with E-state index in [1.807, 2.05) is 25.1 Å². The second-order valence-corrected chi connectivity index (χ2v) is 4.93. The van der Waals surface area contributed by atoms with E-state index in [-0.39, 0.29) is 0 Å². The molecule has 1 aromatic heterocycles. The van der Waals surface area contributed by atoms with Crippen molar-refractivity contribution < 1.29 is 9.26 Å². The van der Waals surface area contributed by atoms with Gasteiger partial charge in [-0.15, -0.1) is 0 Å². The van der Waals surface area contributed by atoms with E-state index in [1.54, 1.807) is 0 Å². The molecule has 4 nitrogen and oxygen atoms in total. The molecule has 0 spiro atoms. The summed E-state index contributed by atoms with van der Waals surface area (Å²) < 4.78 is 11.7. The number of nitrogens with zero attached hydrogens (tertiary/aromatic N) is 2. The predicted octanol–water partition coefficient (Wildman–Crippen LogP) is 3.67. The molecule has 2 rings (SSSR count). The summed E-state index contributed by atoms with van der Waals surface area (Å²) in [4.78, 5) is 4.24. The van der Waals surface area contributed by atoms with E-state index in [0.29, 0.717) is 18.3 Å². The van der Waals surface area contributed by atoms with Crippen LogP contribution in [0.15, 0.2) is 27.2 Å². The van der Waals surface area contributed by atoms with Crippen LogP contribution in [-0.2, 0) is 13.0 Å². The maximum absolute atomic E-state index is 5.64. The van der Waals surface area contributed by atoms with Crippen molar-refractivity contribution in [2.24, 2.45) is 0 Å². The minimum Gasteiger partial charge on any atom is -0.484 e. The topological polar surface area (TPSA) is 48.2 Å². The molecule has 0 atom stereocenters. The average molecular weight is 311 g/mol. The third kappa shape index (κ3) is 3.32. The van der Waals surface area contributed by atoms with Crippen molar-refractivity contribution >= 4 is 15.9 Å². The van der Waals surface area contributed by atoms with E-state index in [1.165, 1.54) is 5.56 Å². The van der Waals surface area contributed by atoms with Crippen molar-refractivity contribution in [1.82, 2.24) is 10.1 Å². The molecule has 0 amide bonds. The Morgan fingerprint density at radius 3 is 2.94 bits per heavy atom. The molecule has 0 bridgehead atoms. The SMILES string of the molecule is CCCc1nc(COc2ccc(C)cc2Br)no1. The Kier molecular flexibility index (Phi) is 4.36. The molecule has 0 aliphatic rings. The van der Waals surface area contributed by atoms with Crippen LogP contribution in [-0.4, -0.2) is 10.1 Å². The summed E-state index contributed by atoms with van der Waals surface area (Å²) in [5.74, 6) is 2.02. The summed E-state index contributed by atoms with van der Waals surface area (Å²) in [5.41, 5.74) is 1.18. The zero-order chi connectivity index (χ0) is 13.0. The first-order chi connectivity index (χ1) is 8.69. The fraction of sp³-hybridized carbons (Fsp3) is 0.385. The highest BCUT2D eigenvalue weighted by Gasteiger charge is 2.07. The van der Waals surface area contributed by atoms with Gasteiger partial charge in [-0.2, -0.15) is 4.98 Å². The van der Waals surface area contributed by atoms with Crippen molar-refractivity contribution in [1.29, 1.82) is 0 Å². The van der Waals surface area contributed by atoms with Gasteiger partial charge in [-0.1, -0.05) is 18.1 Å². The minimum atomic E-state index is 0.314. The van der Waals surface area contributed by atoms with Gasteiger partial charge in [0.2, 0.25) is 11.7 Å². The van der Waals surface area contributed by atoms with Gasteiger partial charge in [0.15, 0.2) is 6.61 Å². The average Bonchev–Trinajstić information content (AvgIpc) is 2.76. The lowest BCUT2D eigenvalue weighted by atomic mass is 10.2. The molecule has 1 heterocycles. The quantitative estimate of drug-likeness (QED) is 0.845. The van der Waals surface area contributed by atoms with E-state index in [0.717, 1.165) is 23.1 Å². The summed E-state index contributed by atoms with van der Waals surface area (Å²) in [6.45, 7) is 4.42. The standard InChI is InChI=1S/C13H15BrN2O2/c1-3-4-13-15-12(16-18-13)8-17-11-6-5-9(2)7-10(11)14/h5-7H,3-4,8H2,1-2H3. The number of aryl methyl sites for hydroxylation is 2. The van der Waals surface area contributed by atoms with Gasteiger partial charge in [-0.05, 0) is 47.0 Å². The van der Waals surface area contributed by atoms with E-state index >= 15 is 0 Å². The third-order valence-corrected chi connectivity index (χ3v) is 3.04. The molecule has 0 N–H and O–H groups in total. The zero-order valence-corrected chi connectivity index (χ0v) is 12.0. The van der Waals surface area contributed by atoms with Crippen LogP contribution >= 0.6 is 15.9 Å². The third-order valence-electron chi connectivity index (χ3n) is 2.42. The van der Waals surface area contributed by atoms with Crippen LogP contribution in [0.1, 0.15) is 30.6 Å². The normalized spacial score (nSPS) is 10.6. The molecule has 0 aliphatic carbocycles. The molecule has 0 saturated carbocycles. The van der Waals surface area contributed by atoms with Crippen LogP contribution < -0.4 is 4.74 Å². The molecule has 18 heavy (non-hydrogen) atoms. The monoisotopic (exact) mass is 310 g/mol. The molecule has 0 saturated heterocycles. The Morgan fingerprint density at radius 2 is 2.22 bits per heavy atom. The Morgan fingerprint density at radius 1 is 1.39 bits per heavy atom. The van der Waals surface area contributed by atoms with Gasteiger partial charge in [-0.3, -0.25) is 0 Å². The Hall–Kier alpha value is -1.36. The molecule has 96 valence electrons. The Bertz CT molecular complexity index is 525. The zero-order valence-electron chi connectivity index (χ0n) is 10.4. The molecule has 0 fully saturated rings. The first kappa shape index (κ1) is 13.1. The largest absolute Gasteiger partial charge is 0.484 e. The molecule has 0 unspecified atom stereocenters. The van der Waals surface area contributed by atoms with Gasteiger partial charge in [0.25, 0.3) is 0 Å². The second kappa shape index (κ2) is 6.00. The lowest BCUT2D eigenvalue weighted by molar-refractivity contribution is 0.283. The van der Waals surface area contributed by atoms with Crippen molar-refractivity contribution in [2.45, 2.75) is 33.3 Å². The summed E-state index contributed by atoms with van der Waals surface area (Å²) in [6.07, 6.45) is 1.80. The van der Waals surface area contributed by atoms with Crippen LogP contribution in [0.25, 0.3) is 0 Å². The van der Waals surface area contributed by atoms with Crippen molar-refractivity contribution in [3.8, 4) is 5.75 Å². The maximum atomic E-state index is 5.64. The summed E-state index contributed by atoms with van der Waals surface area (Å²) in [7, 11) is 0. The fourth-order valence-corrected chi connectivity index (χ4v) is 2.14. The van der Waals surface area contributed by atoms with Crippen molar-refractivity contribution in [2.75, 3.05) is 0 Å². The Labute approximate surface area is 114 Å². The van der Waals surface area contributed by atoms with Crippen LogP contribution in [0.4, 0.5) is 0 Å². The van der Waals surface area contributed by atoms with Gasteiger partial charge < -0.3 is 9.26 Å². The molecular weight excluding hydrogens is 296 g/mol. The molecule has 0 radical (unpaired) electrons. The molecular formula is C13H15BrN2O2. The van der Waals surface area contributed by atoms with Crippen LogP contribution in [0.5, 0.6) is 5.75 Å². The lowest BCUT2D eigenvalue weighted by Crippen LogP contribution is -1.98. The number of hydrogen-bond donors (Lipinski definition) is 0. The van der Waals surface area contributed by atoms with Crippen LogP contribution in [0.3, 0.4) is 0 Å². The molecule has 5 heteroatoms. The Balaban J connectivity index is 1.97. The number of rotatable bonds is 5. The number of ether oxygens (including phenoxy) is 1. The van der Waals surface area contributed by atoms with E-state index < -0.39 is 0 Å². The smallest absolute Gasteiger partial charge is 0.226 e. The van der Waals surface area contributed by atoms with E-state index in [4.69, 9.17) is 9.26 Å². The van der Waals surface area contributed by atoms with E-state index in [9.17, 15) is 0 Å². The fourth-order valence-electron chi connectivity index (χ4n) is 1.53. The maximum Gasteiger partial charge on any atom is 0.226 e. The highest BCUT2D eigenvalue weighted by Crippen LogP contribution is 2.26. The molecule has 1 aromatic carbocycles. The van der Waals surface area contributed by atoms with Gasteiger partial charge in [-0.25, -0.2) is 0 Å². The number of benzene rings is 1. The van der Waals surface area contributed by atoms with Gasteiger partial charge >= 0.3 is 0 Å². The van der Waals surface area contributed by atoms with Gasteiger partial charge in [0.1, 0.15) is 5.75 Å². The first-order valence-corrected chi connectivity index (χ1v) is 6.68. The second-order valence-electron chi connectivity index (χ2n) is 4.08. The molecule has 2 aromatic rings. The number of aromatic nitrogens is 2.